The van der Waals surface area contributed by atoms with Crippen molar-refractivity contribution in [3.63, 3.8) is 0 Å². The van der Waals surface area contributed by atoms with E-state index in [9.17, 15) is 14.7 Å². The average Bonchev–Trinajstić information content (AvgIpc) is 3.00. The van der Waals surface area contributed by atoms with Crippen LogP contribution in [-0.2, 0) is 10.1 Å². The number of aromatic hydroxyl groups is 1. The number of hydrogen-bond donors (Lipinski definition) is 1. The van der Waals surface area contributed by atoms with E-state index in [2.05, 4.69) is 6.07 Å². The summed E-state index contributed by atoms with van der Waals surface area (Å²) in [5, 5.41) is 13.2. The van der Waals surface area contributed by atoms with Crippen LogP contribution < -0.4 is 14.9 Å². The molecule has 3 aliphatic rings. The fourth-order valence-electron chi connectivity index (χ4n) is 4.96. The molecule has 1 fully saturated rings. The minimum absolute atomic E-state index is 0.0190. The number of fused-ring (bicyclic) bond motifs is 4. The number of ether oxygens (including phenoxy) is 1. The molecule has 2 unspecified atom stereocenters. The summed E-state index contributed by atoms with van der Waals surface area (Å²) in [5.41, 5.74) is 1.80. The molecule has 0 aliphatic carbocycles. The Morgan fingerprint density at radius 3 is 2.76 bits per heavy atom. The Balaban J connectivity index is 1.67. The first-order valence-corrected chi connectivity index (χ1v) is 12.7. The van der Waals surface area contributed by atoms with Crippen LogP contribution in [0.5, 0.6) is 5.75 Å². The summed E-state index contributed by atoms with van der Waals surface area (Å²) in [4.78, 5) is 27.2. The van der Waals surface area contributed by atoms with Crippen LogP contribution in [0.25, 0.3) is 0 Å². The van der Waals surface area contributed by atoms with Gasteiger partial charge in [-0.15, -0.1) is 0 Å². The molecule has 4 heterocycles. The van der Waals surface area contributed by atoms with Crippen molar-refractivity contribution < 1.29 is 19.0 Å². The minimum atomic E-state index is -0.614. The van der Waals surface area contributed by atoms with E-state index in [0.29, 0.717) is 24.0 Å². The molecular weight excluding hydrogens is 492 g/mol. The summed E-state index contributed by atoms with van der Waals surface area (Å²) in [5.74, 6) is -1.25. The summed E-state index contributed by atoms with van der Waals surface area (Å²) < 4.78 is 23.5. The van der Waals surface area contributed by atoms with Gasteiger partial charge in [0.1, 0.15) is 0 Å². The number of carbonyl (C=O) groups is 1. The number of pyridine rings is 1. The second-order valence-corrected chi connectivity index (χ2v) is 10.3. The van der Waals surface area contributed by atoms with E-state index in [4.69, 9.17) is 4.74 Å². The number of halogens is 1. The second kappa shape index (κ2) is 7.73. The molecule has 1 N–H and O–H groups in total. The van der Waals surface area contributed by atoms with Crippen molar-refractivity contribution in [1.29, 1.82) is 0 Å². The van der Waals surface area contributed by atoms with E-state index in [1.54, 1.807) is 15.6 Å². The average molecular weight is 512 g/mol. The molecule has 1 amide bonds. The van der Waals surface area contributed by atoms with Crippen molar-refractivity contribution in [2.75, 3.05) is 24.8 Å². The Labute approximate surface area is 195 Å². The van der Waals surface area contributed by atoms with Crippen molar-refractivity contribution in [3.8, 4) is 5.75 Å². The molecule has 0 bridgehead atoms. The Hall–Kier alpha value is -3.13. The van der Waals surface area contributed by atoms with Gasteiger partial charge in [-0.3, -0.25) is 0 Å². The van der Waals surface area contributed by atoms with Gasteiger partial charge in [0, 0.05) is 0 Å². The monoisotopic (exact) mass is 513 g/mol. The van der Waals surface area contributed by atoms with Gasteiger partial charge >= 0.3 is 195 Å². The third kappa shape index (κ3) is 3.04. The van der Waals surface area contributed by atoms with Crippen LogP contribution in [0, 0.1) is 5.82 Å². The molecule has 2 aromatic carbocycles. The van der Waals surface area contributed by atoms with Crippen LogP contribution in [0.1, 0.15) is 33.2 Å². The van der Waals surface area contributed by atoms with Crippen LogP contribution in [0.4, 0.5) is 4.39 Å². The molecule has 0 spiro atoms. The topological polar surface area (TPSA) is 75.0 Å². The third-order valence-electron chi connectivity index (χ3n) is 6.47. The quantitative estimate of drug-likeness (QED) is 0.494. The zero-order chi connectivity index (χ0) is 22.7. The summed E-state index contributed by atoms with van der Waals surface area (Å²) in [6.07, 6.45) is 1.03. The Morgan fingerprint density at radius 1 is 1.06 bits per heavy atom. The molecule has 3 aromatic rings. The summed E-state index contributed by atoms with van der Waals surface area (Å²) >= 11 is 0.0190. The van der Waals surface area contributed by atoms with Gasteiger partial charge in [-0.1, -0.05) is 0 Å². The van der Waals surface area contributed by atoms with Crippen molar-refractivity contribution >= 4 is 25.3 Å². The number of hydrogen-bond acceptors (Lipinski definition) is 5. The van der Waals surface area contributed by atoms with Crippen LogP contribution >= 0.6 is 0 Å². The molecule has 2 atom stereocenters. The van der Waals surface area contributed by atoms with E-state index >= 15 is 4.39 Å². The van der Waals surface area contributed by atoms with E-state index in [0.717, 1.165) is 15.6 Å². The predicted molar refractivity (Wildman–Crippen MR) is 120 cm³/mol. The second-order valence-electron chi connectivity index (χ2n) is 8.19. The molecule has 9 heteroatoms. The number of nitrogens with zero attached hydrogens (tertiary/aromatic N) is 3. The number of rotatable bonds is 1. The number of amides is 1. The molecule has 0 saturated carbocycles. The molecule has 33 heavy (non-hydrogen) atoms. The first kappa shape index (κ1) is 20.5. The maximum atomic E-state index is 15.0. The third-order valence-corrected chi connectivity index (χ3v) is 8.82. The van der Waals surface area contributed by atoms with Crippen LogP contribution in [0.3, 0.4) is 0 Å². The zero-order valence-electron chi connectivity index (χ0n) is 17.5. The Morgan fingerprint density at radius 2 is 1.88 bits per heavy atom. The Bertz CT molecular complexity index is 1340. The van der Waals surface area contributed by atoms with Crippen molar-refractivity contribution in [2.45, 2.75) is 17.5 Å². The summed E-state index contributed by atoms with van der Waals surface area (Å²) in [6, 6.07) is 14.0. The van der Waals surface area contributed by atoms with Gasteiger partial charge in [0.25, 0.3) is 0 Å². The predicted octanol–water partition coefficient (Wildman–Crippen LogP) is 1.08. The van der Waals surface area contributed by atoms with Gasteiger partial charge in [-0.2, -0.15) is 0 Å². The molecular formula is C24H20FN3O4Se. The van der Waals surface area contributed by atoms with Crippen molar-refractivity contribution in [1.82, 2.24) is 9.58 Å². The fourth-order valence-corrected chi connectivity index (χ4v) is 7.32. The summed E-state index contributed by atoms with van der Waals surface area (Å²) in [7, 11) is 0. The van der Waals surface area contributed by atoms with Gasteiger partial charge in [0.05, 0.1) is 0 Å². The first-order valence-electron chi connectivity index (χ1n) is 10.7. The maximum absolute atomic E-state index is 15.0. The Kier molecular flexibility index (Phi) is 4.79. The molecule has 3 aliphatic heterocycles. The summed E-state index contributed by atoms with van der Waals surface area (Å²) in [6.45, 7) is 0.951. The number of carbonyl (C=O) groups excluding carboxylic acids is 1. The number of benzene rings is 2. The van der Waals surface area contributed by atoms with Crippen LogP contribution in [0.2, 0.25) is 0 Å². The first-order chi connectivity index (χ1) is 16.1. The zero-order valence-corrected chi connectivity index (χ0v) is 19.2. The number of aromatic nitrogens is 1. The van der Waals surface area contributed by atoms with Gasteiger partial charge in [0.2, 0.25) is 0 Å². The van der Waals surface area contributed by atoms with E-state index < -0.39 is 29.3 Å². The standard InChI is InChI=1S/C24H20FN3O4Se/c25-17-6-3-5-14-16(17)13-33-19-7-2-1-4-15(19)21(14)28-20-12-32-11-10-26(20)24(31)22-23(30)18(29)8-9-27(22)28/h1-9,20-21,30H,10-13H2. The van der Waals surface area contributed by atoms with E-state index in [1.807, 2.05) is 29.3 Å². The number of morpholine rings is 1. The molecule has 168 valence electrons. The molecule has 1 saturated heterocycles. The van der Waals surface area contributed by atoms with Crippen LogP contribution in [0.15, 0.2) is 59.5 Å². The van der Waals surface area contributed by atoms with Gasteiger partial charge in [0.15, 0.2) is 0 Å². The van der Waals surface area contributed by atoms with Crippen molar-refractivity contribution in [3.05, 3.63) is 93.2 Å². The molecule has 1 aromatic heterocycles. The molecule has 6 rings (SSSR count). The van der Waals surface area contributed by atoms with E-state index in [1.165, 1.54) is 18.3 Å². The van der Waals surface area contributed by atoms with Gasteiger partial charge in [-0.05, 0) is 0 Å². The molecule has 7 nitrogen and oxygen atoms in total. The SMILES string of the molecule is O=C1c2c(O)c(=O)ccn2N(C2c3ccccc3[Se]Cc3c(F)cccc32)C2COCCN12. The van der Waals surface area contributed by atoms with Gasteiger partial charge < -0.3 is 0 Å². The van der Waals surface area contributed by atoms with Gasteiger partial charge in [-0.25, -0.2) is 0 Å². The van der Waals surface area contributed by atoms with E-state index in [-0.39, 0.29) is 33.1 Å². The fraction of sp³-hybridized carbons (Fsp3) is 0.250. The van der Waals surface area contributed by atoms with Crippen molar-refractivity contribution in [2.24, 2.45) is 0 Å². The molecule has 0 radical (unpaired) electrons. The van der Waals surface area contributed by atoms with Crippen LogP contribution in [-0.4, -0.2) is 61.5 Å². The normalized spacial score (nSPS) is 21.5.